The Hall–Kier alpha value is -2.67. The Morgan fingerprint density at radius 2 is 2.09 bits per heavy atom. The molecule has 0 aliphatic carbocycles. The number of aromatic nitrogens is 1. The van der Waals surface area contributed by atoms with E-state index in [9.17, 15) is 9.18 Å². The number of nitrogens with zero attached hydrogens (tertiary/aromatic N) is 1. The summed E-state index contributed by atoms with van der Waals surface area (Å²) in [5.74, 6) is -0.550. The van der Waals surface area contributed by atoms with Crippen LogP contribution >= 0.6 is 11.3 Å². The molecule has 2 heterocycles. The zero-order valence-corrected chi connectivity index (χ0v) is 12.3. The summed E-state index contributed by atoms with van der Waals surface area (Å²) in [4.78, 5) is 16.2. The lowest BCUT2D eigenvalue weighted by atomic mass is 10.3. The number of pyridine rings is 1. The molecule has 0 aliphatic heterocycles. The first-order valence-electron chi connectivity index (χ1n) is 6.28. The van der Waals surface area contributed by atoms with Gasteiger partial charge in [-0.05, 0) is 18.2 Å². The Kier molecular flexibility index (Phi) is 3.64. The number of fused-ring (bicyclic) bond motifs is 1. The van der Waals surface area contributed by atoms with Gasteiger partial charge in [0.05, 0.1) is 17.3 Å². The standard InChI is InChI=1S/C15H11FN2O3S/c1-20-15(19)13-7-10-14(22-13)12(4-5-18-10)21-11-3-2-8(17)6-9(11)16/h2-7H,17H2,1H3. The SMILES string of the molecule is COC(=O)c1cc2nccc(Oc3ccc(N)cc3F)c2s1. The number of hydrogen-bond donors (Lipinski definition) is 1. The molecule has 112 valence electrons. The van der Waals surface area contributed by atoms with Crippen molar-refractivity contribution in [2.45, 2.75) is 0 Å². The third-order valence-corrected chi connectivity index (χ3v) is 4.06. The highest BCUT2D eigenvalue weighted by molar-refractivity contribution is 7.21. The molecule has 0 unspecified atom stereocenters. The molecule has 5 nitrogen and oxygen atoms in total. The van der Waals surface area contributed by atoms with Crippen LogP contribution in [0, 0.1) is 5.82 Å². The maximum Gasteiger partial charge on any atom is 0.348 e. The van der Waals surface area contributed by atoms with Crippen molar-refractivity contribution < 1.29 is 18.7 Å². The lowest BCUT2D eigenvalue weighted by Crippen LogP contribution is -1.96. The van der Waals surface area contributed by atoms with Gasteiger partial charge < -0.3 is 15.2 Å². The van der Waals surface area contributed by atoms with E-state index in [4.69, 9.17) is 10.5 Å². The Morgan fingerprint density at radius 1 is 1.27 bits per heavy atom. The van der Waals surface area contributed by atoms with Crippen LogP contribution in [0.15, 0.2) is 36.5 Å². The van der Waals surface area contributed by atoms with Crippen molar-refractivity contribution in [3.8, 4) is 11.5 Å². The number of methoxy groups -OCH3 is 1. The molecule has 7 heteroatoms. The average Bonchev–Trinajstić information content (AvgIpc) is 2.94. The zero-order valence-electron chi connectivity index (χ0n) is 11.5. The van der Waals surface area contributed by atoms with Crippen molar-refractivity contribution in [3.05, 3.63) is 47.2 Å². The van der Waals surface area contributed by atoms with Gasteiger partial charge in [0, 0.05) is 24.0 Å². The Labute approximate surface area is 129 Å². The molecule has 2 N–H and O–H groups in total. The van der Waals surface area contributed by atoms with Crippen molar-refractivity contribution in [2.75, 3.05) is 12.8 Å². The minimum absolute atomic E-state index is 0.0507. The number of carbonyl (C=O) groups excluding carboxylic acids is 1. The number of nitrogens with two attached hydrogens (primary N) is 1. The van der Waals surface area contributed by atoms with E-state index >= 15 is 0 Å². The van der Waals surface area contributed by atoms with Crippen LogP contribution in [0.1, 0.15) is 9.67 Å². The molecular weight excluding hydrogens is 307 g/mol. The van der Waals surface area contributed by atoms with Crippen LogP contribution < -0.4 is 10.5 Å². The maximum absolute atomic E-state index is 13.8. The summed E-state index contributed by atoms with van der Waals surface area (Å²) in [6, 6.07) is 7.40. The molecule has 3 rings (SSSR count). The number of benzene rings is 1. The van der Waals surface area contributed by atoms with Crippen LogP contribution in [-0.4, -0.2) is 18.1 Å². The van der Waals surface area contributed by atoms with Crippen LogP contribution in [-0.2, 0) is 4.74 Å². The number of ether oxygens (including phenoxy) is 2. The molecule has 0 aliphatic rings. The second kappa shape index (κ2) is 5.61. The number of halogens is 1. The van der Waals surface area contributed by atoms with Gasteiger partial charge in [0.2, 0.25) is 0 Å². The smallest absolute Gasteiger partial charge is 0.348 e. The van der Waals surface area contributed by atoms with E-state index in [-0.39, 0.29) is 5.75 Å². The highest BCUT2D eigenvalue weighted by atomic mass is 32.1. The number of carbonyl (C=O) groups is 1. The van der Waals surface area contributed by atoms with E-state index in [0.29, 0.717) is 26.5 Å². The number of thiophene rings is 1. The van der Waals surface area contributed by atoms with Crippen molar-refractivity contribution in [1.29, 1.82) is 0 Å². The summed E-state index contributed by atoms with van der Waals surface area (Å²) in [6.07, 6.45) is 1.53. The second-order valence-corrected chi connectivity index (χ2v) is 5.47. The molecule has 0 amide bonds. The average molecular weight is 318 g/mol. The van der Waals surface area contributed by atoms with Crippen molar-refractivity contribution in [3.63, 3.8) is 0 Å². The summed E-state index contributed by atoms with van der Waals surface area (Å²) >= 11 is 1.18. The molecule has 0 saturated carbocycles. The minimum Gasteiger partial charge on any atom is -0.465 e. The Balaban J connectivity index is 2.03. The van der Waals surface area contributed by atoms with Gasteiger partial charge in [-0.1, -0.05) is 0 Å². The molecule has 0 atom stereocenters. The molecule has 0 fully saturated rings. The fraction of sp³-hybridized carbons (Fsp3) is 0.0667. The molecule has 2 aromatic heterocycles. The van der Waals surface area contributed by atoms with E-state index in [1.54, 1.807) is 18.2 Å². The number of hydrogen-bond acceptors (Lipinski definition) is 6. The second-order valence-electron chi connectivity index (χ2n) is 4.42. The van der Waals surface area contributed by atoms with Gasteiger partial charge in [0.1, 0.15) is 10.6 Å². The lowest BCUT2D eigenvalue weighted by molar-refractivity contribution is 0.0606. The fourth-order valence-corrected chi connectivity index (χ4v) is 2.90. The quantitative estimate of drug-likeness (QED) is 0.590. The highest BCUT2D eigenvalue weighted by Crippen LogP contribution is 2.36. The number of rotatable bonds is 3. The number of nitrogen functional groups attached to an aromatic ring is 1. The van der Waals surface area contributed by atoms with Gasteiger partial charge in [-0.3, -0.25) is 4.98 Å². The van der Waals surface area contributed by atoms with Gasteiger partial charge in [-0.15, -0.1) is 11.3 Å². The number of esters is 1. The zero-order chi connectivity index (χ0) is 15.7. The molecule has 0 saturated heterocycles. The summed E-state index contributed by atoms with van der Waals surface area (Å²) < 4.78 is 24.7. The normalized spacial score (nSPS) is 10.6. The molecule has 1 aromatic carbocycles. The summed E-state index contributed by atoms with van der Waals surface area (Å²) in [5, 5.41) is 0. The van der Waals surface area contributed by atoms with Crippen LogP contribution in [0.25, 0.3) is 10.2 Å². The van der Waals surface area contributed by atoms with E-state index < -0.39 is 11.8 Å². The van der Waals surface area contributed by atoms with E-state index in [1.807, 2.05) is 0 Å². The predicted octanol–water partition coefficient (Wildman–Crippen LogP) is 3.60. The predicted molar refractivity (Wildman–Crippen MR) is 81.8 cm³/mol. The molecule has 0 bridgehead atoms. The van der Waals surface area contributed by atoms with Gasteiger partial charge in [-0.2, -0.15) is 0 Å². The topological polar surface area (TPSA) is 74.4 Å². The van der Waals surface area contributed by atoms with Gasteiger partial charge in [0.25, 0.3) is 0 Å². The van der Waals surface area contributed by atoms with E-state index in [0.717, 1.165) is 0 Å². The lowest BCUT2D eigenvalue weighted by Gasteiger charge is -2.07. The molecule has 3 aromatic rings. The van der Waals surface area contributed by atoms with Crippen LogP contribution in [0.5, 0.6) is 11.5 Å². The Morgan fingerprint density at radius 3 is 2.82 bits per heavy atom. The summed E-state index contributed by atoms with van der Waals surface area (Å²) in [6.45, 7) is 0. The van der Waals surface area contributed by atoms with Crippen LogP contribution in [0.3, 0.4) is 0 Å². The van der Waals surface area contributed by atoms with Gasteiger partial charge >= 0.3 is 5.97 Å². The summed E-state index contributed by atoms with van der Waals surface area (Å²) in [7, 11) is 1.31. The first kappa shape index (κ1) is 14.3. The monoisotopic (exact) mass is 318 g/mol. The van der Waals surface area contributed by atoms with Crippen LogP contribution in [0.4, 0.5) is 10.1 Å². The molecule has 0 spiro atoms. The Bertz CT molecular complexity index is 863. The third-order valence-electron chi connectivity index (χ3n) is 2.94. The van der Waals surface area contributed by atoms with E-state index in [1.165, 1.54) is 36.8 Å². The molecular formula is C15H11FN2O3S. The maximum atomic E-state index is 13.8. The van der Waals surface area contributed by atoms with E-state index in [2.05, 4.69) is 9.72 Å². The third kappa shape index (κ3) is 2.58. The first-order valence-corrected chi connectivity index (χ1v) is 7.10. The van der Waals surface area contributed by atoms with Gasteiger partial charge in [-0.25, -0.2) is 9.18 Å². The highest BCUT2D eigenvalue weighted by Gasteiger charge is 2.15. The summed E-state index contributed by atoms with van der Waals surface area (Å²) in [5.41, 5.74) is 6.40. The van der Waals surface area contributed by atoms with Crippen molar-refractivity contribution in [1.82, 2.24) is 4.98 Å². The molecule has 22 heavy (non-hydrogen) atoms. The largest absolute Gasteiger partial charge is 0.465 e. The van der Waals surface area contributed by atoms with Crippen molar-refractivity contribution >= 4 is 33.2 Å². The minimum atomic E-state index is -0.560. The first-order chi connectivity index (χ1) is 10.6. The fourth-order valence-electron chi connectivity index (χ4n) is 1.91. The number of anilines is 1. The van der Waals surface area contributed by atoms with Crippen LogP contribution in [0.2, 0.25) is 0 Å². The van der Waals surface area contributed by atoms with Crippen molar-refractivity contribution in [2.24, 2.45) is 0 Å². The van der Waals surface area contributed by atoms with Gasteiger partial charge in [0.15, 0.2) is 11.6 Å². The molecule has 0 radical (unpaired) electrons.